The molecule has 0 amide bonds. The van der Waals surface area contributed by atoms with E-state index >= 15 is 0 Å². The summed E-state index contributed by atoms with van der Waals surface area (Å²) >= 11 is 0. The Morgan fingerprint density at radius 3 is 2.46 bits per heavy atom. The van der Waals surface area contributed by atoms with Gasteiger partial charge in [-0.2, -0.15) is 0 Å². The summed E-state index contributed by atoms with van der Waals surface area (Å²) in [6, 6.07) is 0. The monoisotopic (exact) mass is 332 g/mol. The molecule has 3 fully saturated rings. The molecule has 0 N–H and O–H groups in total. The van der Waals surface area contributed by atoms with Gasteiger partial charge in [-0.15, -0.1) is 0 Å². The van der Waals surface area contributed by atoms with Crippen LogP contribution in [-0.4, -0.2) is 25.2 Å². The van der Waals surface area contributed by atoms with Crippen molar-refractivity contribution in [1.82, 2.24) is 0 Å². The number of rotatable bonds is 8. The lowest BCUT2D eigenvalue weighted by molar-refractivity contribution is -0.139. The first-order valence-corrected chi connectivity index (χ1v) is 9.18. The van der Waals surface area contributed by atoms with Crippen LogP contribution in [0.2, 0.25) is 0 Å². The van der Waals surface area contributed by atoms with E-state index in [4.69, 9.17) is 9.47 Å². The van der Waals surface area contributed by atoms with Crippen molar-refractivity contribution in [2.24, 2.45) is 29.1 Å². The van der Waals surface area contributed by atoms with Crippen molar-refractivity contribution in [3.05, 3.63) is 25.3 Å². The summed E-state index contributed by atoms with van der Waals surface area (Å²) in [5.41, 5.74) is 0.378. The number of hydrogen-bond acceptors (Lipinski definition) is 4. The molecular formula is C20H28O4. The summed E-state index contributed by atoms with van der Waals surface area (Å²) in [7, 11) is 0. The first-order chi connectivity index (χ1) is 11.6. The maximum Gasteiger partial charge on any atom is 0.330 e. The van der Waals surface area contributed by atoms with Crippen LogP contribution in [0.4, 0.5) is 0 Å². The van der Waals surface area contributed by atoms with E-state index < -0.39 is 0 Å². The first kappa shape index (κ1) is 17.2. The zero-order valence-electron chi connectivity index (χ0n) is 14.4. The normalized spacial score (nSPS) is 36.2. The Kier molecular flexibility index (Phi) is 5.12. The smallest absolute Gasteiger partial charge is 0.330 e. The van der Waals surface area contributed by atoms with Crippen molar-refractivity contribution in [3.8, 4) is 0 Å². The Labute approximate surface area is 144 Å². The zero-order chi connectivity index (χ0) is 17.2. The van der Waals surface area contributed by atoms with Gasteiger partial charge >= 0.3 is 11.9 Å². The summed E-state index contributed by atoms with van der Waals surface area (Å²) in [5.74, 6) is 2.39. The number of carbonyl (C=O) groups excluding carboxylic acids is 2. The van der Waals surface area contributed by atoms with Gasteiger partial charge in [-0.1, -0.05) is 13.2 Å². The molecule has 5 atom stereocenters. The standard InChI is InChI=1S/C20H28O4/c1-3-17(21)23-11-8-14-5-6-16-19(14)15-7-9-20(16,13-15)10-12-24-18(22)4-2/h3-4,14-16,19H,1-2,5-13H2. The summed E-state index contributed by atoms with van der Waals surface area (Å²) in [4.78, 5) is 22.5. The highest BCUT2D eigenvalue weighted by molar-refractivity contribution is 5.81. The number of carbonyl (C=O) groups is 2. The van der Waals surface area contributed by atoms with Crippen LogP contribution in [0.1, 0.15) is 44.9 Å². The van der Waals surface area contributed by atoms with Crippen molar-refractivity contribution in [3.63, 3.8) is 0 Å². The predicted molar refractivity (Wildman–Crippen MR) is 91.0 cm³/mol. The number of hydrogen-bond donors (Lipinski definition) is 0. The van der Waals surface area contributed by atoms with E-state index in [-0.39, 0.29) is 11.9 Å². The van der Waals surface area contributed by atoms with Crippen LogP contribution in [0.3, 0.4) is 0 Å². The fourth-order valence-electron chi connectivity index (χ4n) is 5.93. The van der Waals surface area contributed by atoms with Gasteiger partial charge in [0.15, 0.2) is 0 Å². The molecule has 4 nitrogen and oxygen atoms in total. The Balaban J connectivity index is 1.54. The summed E-state index contributed by atoms with van der Waals surface area (Å²) in [6.45, 7) is 7.91. The van der Waals surface area contributed by atoms with Gasteiger partial charge in [0.25, 0.3) is 0 Å². The summed E-state index contributed by atoms with van der Waals surface area (Å²) in [6.07, 6.45) is 10.8. The van der Waals surface area contributed by atoms with Gasteiger partial charge in [-0.25, -0.2) is 9.59 Å². The lowest BCUT2D eigenvalue weighted by Gasteiger charge is -2.37. The van der Waals surface area contributed by atoms with Crippen LogP contribution in [0.5, 0.6) is 0 Å². The highest BCUT2D eigenvalue weighted by Gasteiger charge is 2.60. The molecule has 4 heteroatoms. The van der Waals surface area contributed by atoms with Crippen LogP contribution in [0, 0.1) is 29.1 Å². The third kappa shape index (κ3) is 3.15. The molecule has 0 aromatic rings. The molecule has 0 aromatic carbocycles. The molecule has 0 saturated heterocycles. The van der Waals surface area contributed by atoms with Gasteiger partial charge in [-0.05, 0) is 74.0 Å². The van der Waals surface area contributed by atoms with E-state index in [2.05, 4.69) is 13.2 Å². The maximum atomic E-state index is 11.3. The summed E-state index contributed by atoms with van der Waals surface area (Å²) < 4.78 is 10.4. The van der Waals surface area contributed by atoms with E-state index in [0.717, 1.165) is 30.6 Å². The highest BCUT2D eigenvalue weighted by atomic mass is 16.5. The Morgan fingerprint density at radius 2 is 1.75 bits per heavy atom. The number of esters is 2. The molecule has 0 radical (unpaired) electrons. The predicted octanol–water partition coefficient (Wildman–Crippen LogP) is 3.67. The number of fused-ring (bicyclic) bond motifs is 5. The Morgan fingerprint density at radius 1 is 1.04 bits per heavy atom. The third-order valence-corrected chi connectivity index (χ3v) is 6.78. The van der Waals surface area contributed by atoms with Crippen molar-refractivity contribution >= 4 is 11.9 Å². The van der Waals surface area contributed by atoms with Crippen molar-refractivity contribution in [1.29, 1.82) is 0 Å². The molecule has 24 heavy (non-hydrogen) atoms. The van der Waals surface area contributed by atoms with Crippen LogP contribution < -0.4 is 0 Å². The second-order valence-electron chi connectivity index (χ2n) is 7.67. The Hall–Kier alpha value is -1.58. The van der Waals surface area contributed by atoms with E-state index in [1.54, 1.807) is 0 Å². The van der Waals surface area contributed by atoms with Crippen LogP contribution in [-0.2, 0) is 19.1 Å². The lowest BCUT2D eigenvalue weighted by atomic mass is 9.68. The highest BCUT2D eigenvalue weighted by Crippen LogP contribution is 2.68. The molecule has 3 aliphatic rings. The lowest BCUT2D eigenvalue weighted by Crippen LogP contribution is -2.31. The fraction of sp³-hybridized carbons (Fsp3) is 0.700. The van der Waals surface area contributed by atoms with E-state index in [1.807, 2.05) is 0 Å². The molecule has 0 aliphatic heterocycles. The second-order valence-corrected chi connectivity index (χ2v) is 7.67. The van der Waals surface area contributed by atoms with E-state index in [0.29, 0.717) is 24.5 Å². The molecule has 0 aromatic heterocycles. The van der Waals surface area contributed by atoms with Gasteiger partial charge in [0.2, 0.25) is 0 Å². The van der Waals surface area contributed by atoms with Gasteiger partial charge in [-0.3, -0.25) is 0 Å². The fourth-order valence-corrected chi connectivity index (χ4v) is 5.93. The quantitative estimate of drug-likeness (QED) is 0.503. The molecule has 3 rings (SSSR count). The minimum atomic E-state index is -0.321. The van der Waals surface area contributed by atoms with Crippen LogP contribution >= 0.6 is 0 Å². The molecule has 0 heterocycles. The van der Waals surface area contributed by atoms with Crippen molar-refractivity contribution in [2.45, 2.75) is 44.9 Å². The minimum Gasteiger partial charge on any atom is -0.463 e. The average molecular weight is 332 g/mol. The van der Waals surface area contributed by atoms with E-state index in [9.17, 15) is 9.59 Å². The van der Waals surface area contributed by atoms with Gasteiger partial charge in [0.1, 0.15) is 0 Å². The SMILES string of the molecule is C=CC(=O)OCCC1CCC2C1C1CCC2(CCOC(=O)C=C)C1. The van der Waals surface area contributed by atoms with Crippen LogP contribution in [0.25, 0.3) is 0 Å². The molecule has 132 valence electrons. The topological polar surface area (TPSA) is 52.6 Å². The molecule has 0 spiro atoms. The van der Waals surface area contributed by atoms with Crippen molar-refractivity contribution in [2.75, 3.05) is 13.2 Å². The molecule has 5 unspecified atom stereocenters. The molecular weight excluding hydrogens is 304 g/mol. The van der Waals surface area contributed by atoms with Gasteiger partial charge in [0, 0.05) is 12.2 Å². The zero-order valence-corrected chi connectivity index (χ0v) is 14.4. The molecule has 2 bridgehead atoms. The average Bonchev–Trinajstić information content (AvgIpc) is 3.26. The number of ether oxygens (including phenoxy) is 2. The van der Waals surface area contributed by atoms with Gasteiger partial charge < -0.3 is 9.47 Å². The first-order valence-electron chi connectivity index (χ1n) is 9.18. The van der Waals surface area contributed by atoms with Crippen LogP contribution in [0.15, 0.2) is 25.3 Å². The third-order valence-electron chi connectivity index (χ3n) is 6.78. The van der Waals surface area contributed by atoms with E-state index in [1.165, 1.54) is 44.3 Å². The minimum absolute atomic E-state index is 0.316. The second kappa shape index (κ2) is 7.12. The molecule has 3 saturated carbocycles. The van der Waals surface area contributed by atoms with Gasteiger partial charge in [0.05, 0.1) is 13.2 Å². The van der Waals surface area contributed by atoms with Crippen molar-refractivity contribution < 1.29 is 19.1 Å². The maximum absolute atomic E-state index is 11.3. The Bertz CT molecular complexity index is 526. The molecule has 3 aliphatic carbocycles. The largest absolute Gasteiger partial charge is 0.463 e. The summed E-state index contributed by atoms with van der Waals surface area (Å²) in [5, 5.41) is 0.